The van der Waals surface area contributed by atoms with E-state index in [1.54, 1.807) is 0 Å². The number of hydrogen-bond donors (Lipinski definition) is 1. The number of fused-ring (bicyclic) bond motifs is 1. The van der Waals surface area contributed by atoms with Gasteiger partial charge < -0.3 is 10.2 Å². The smallest absolute Gasteiger partial charge is 0.179 e. The van der Waals surface area contributed by atoms with Gasteiger partial charge in [-0.2, -0.15) is 0 Å². The molecule has 1 unspecified atom stereocenters. The average Bonchev–Trinajstić information content (AvgIpc) is 2.98. The maximum Gasteiger partial charge on any atom is 0.179 e. The number of nitrogens with zero attached hydrogens (tertiary/aromatic N) is 1. The van der Waals surface area contributed by atoms with Gasteiger partial charge in [0.1, 0.15) is 0 Å². The zero-order chi connectivity index (χ0) is 15.2. The van der Waals surface area contributed by atoms with Gasteiger partial charge in [-0.05, 0) is 56.5 Å². The number of likely N-dealkylation sites (N-methyl/N-ethyl adjacent to an activating group) is 1. The van der Waals surface area contributed by atoms with Crippen molar-refractivity contribution in [3.05, 3.63) is 34.9 Å². The molecule has 116 valence electrons. The van der Waals surface area contributed by atoms with Gasteiger partial charge in [0.2, 0.25) is 0 Å². The lowest BCUT2D eigenvalue weighted by atomic mass is 10.0. The molecule has 2 rings (SSSR count). The minimum atomic E-state index is -0.111. The molecule has 1 N–H and O–H groups in total. The van der Waals surface area contributed by atoms with Crippen LogP contribution in [0.5, 0.6) is 0 Å². The van der Waals surface area contributed by atoms with Crippen LogP contribution in [0.2, 0.25) is 0 Å². The van der Waals surface area contributed by atoms with Gasteiger partial charge in [0.15, 0.2) is 5.78 Å². The summed E-state index contributed by atoms with van der Waals surface area (Å²) in [6.07, 6.45) is 3.52. The van der Waals surface area contributed by atoms with Crippen molar-refractivity contribution in [2.75, 3.05) is 26.2 Å². The highest BCUT2D eigenvalue weighted by molar-refractivity contribution is 6.00. The summed E-state index contributed by atoms with van der Waals surface area (Å²) in [6, 6.07) is 6.13. The predicted molar refractivity (Wildman–Crippen MR) is 88.1 cm³/mol. The highest BCUT2D eigenvalue weighted by atomic mass is 16.1. The van der Waals surface area contributed by atoms with Crippen molar-refractivity contribution >= 4 is 5.78 Å². The Kier molecular flexibility index (Phi) is 5.95. The van der Waals surface area contributed by atoms with Crippen LogP contribution in [-0.4, -0.2) is 42.9 Å². The first-order valence-electron chi connectivity index (χ1n) is 8.27. The Labute approximate surface area is 128 Å². The van der Waals surface area contributed by atoms with Gasteiger partial charge in [-0.15, -0.1) is 0 Å². The molecule has 1 aromatic carbocycles. The number of carbonyl (C=O) groups is 1. The molecule has 0 saturated heterocycles. The summed E-state index contributed by atoms with van der Waals surface area (Å²) in [5.74, 6) is 0.212. The van der Waals surface area contributed by atoms with E-state index in [2.05, 4.69) is 36.2 Å². The molecule has 0 spiro atoms. The number of rotatable bonds is 8. The van der Waals surface area contributed by atoms with Crippen molar-refractivity contribution < 1.29 is 4.79 Å². The summed E-state index contributed by atoms with van der Waals surface area (Å²) in [4.78, 5) is 14.8. The molecule has 1 atom stereocenters. The number of hydrogen-bond acceptors (Lipinski definition) is 3. The van der Waals surface area contributed by atoms with Crippen LogP contribution < -0.4 is 5.32 Å². The third-order valence-electron chi connectivity index (χ3n) is 4.55. The van der Waals surface area contributed by atoms with E-state index in [0.29, 0.717) is 0 Å². The molecule has 0 fully saturated rings. The van der Waals surface area contributed by atoms with E-state index in [1.165, 1.54) is 24.0 Å². The van der Waals surface area contributed by atoms with Gasteiger partial charge in [0, 0.05) is 18.7 Å². The third kappa shape index (κ3) is 4.14. The van der Waals surface area contributed by atoms with Crippen LogP contribution in [0.4, 0.5) is 0 Å². The van der Waals surface area contributed by atoms with Crippen molar-refractivity contribution in [1.82, 2.24) is 10.2 Å². The van der Waals surface area contributed by atoms with Crippen LogP contribution >= 0.6 is 0 Å². The SMILES string of the molecule is CCN(CC)CCNC(C)C(=O)c1ccc2c(c1)CCC2. The predicted octanol–water partition coefficient (Wildman–Crippen LogP) is 2.68. The van der Waals surface area contributed by atoms with Crippen molar-refractivity contribution in [2.45, 2.75) is 46.1 Å². The second-order valence-corrected chi connectivity index (χ2v) is 5.90. The maximum absolute atomic E-state index is 12.5. The Morgan fingerprint density at radius 1 is 1.24 bits per heavy atom. The lowest BCUT2D eigenvalue weighted by Crippen LogP contribution is -2.39. The molecular formula is C18H28N2O. The minimum Gasteiger partial charge on any atom is -0.306 e. The van der Waals surface area contributed by atoms with Crippen LogP contribution in [-0.2, 0) is 12.8 Å². The summed E-state index contributed by atoms with van der Waals surface area (Å²) >= 11 is 0. The van der Waals surface area contributed by atoms with Gasteiger partial charge in [-0.1, -0.05) is 26.0 Å². The zero-order valence-electron chi connectivity index (χ0n) is 13.6. The first-order valence-corrected chi connectivity index (χ1v) is 8.27. The van der Waals surface area contributed by atoms with E-state index < -0.39 is 0 Å². The number of aryl methyl sites for hydroxylation is 2. The van der Waals surface area contributed by atoms with E-state index >= 15 is 0 Å². The summed E-state index contributed by atoms with van der Waals surface area (Å²) in [6.45, 7) is 10.3. The Morgan fingerprint density at radius 2 is 1.95 bits per heavy atom. The molecule has 0 bridgehead atoms. The quantitative estimate of drug-likeness (QED) is 0.747. The molecule has 1 aliphatic carbocycles. The molecule has 0 radical (unpaired) electrons. The van der Waals surface area contributed by atoms with E-state index in [4.69, 9.17) is 0 Å². The normalized spacial score (nSPS) is 15.2. The van der Waals surface area contributed by atoms with Crippen LogP contribution in [0.3, 0.4) is 0 Å². The summed E-state index contributed by atoms with van der Waals surface area (Å²) in [7, 11) is 0. The monoisotopic (exact) mass is 288 g/mol. The molecule has 0 amide bonds. The molecule has 1 aromatic rings. The fourth-order valence-electron chi connectivity index (χ4n) is 3.05. The fraction of sp³-hybridized carbons (Fsp3) is 0.611. The molecule has 0 aliphatic heterocycles. The van der Waals surface area contributed by atoms with Crippen molar-refractivity contribution in [3.8, 4) is 0 Å². The molecule has 0 aromatic heterocycles. The van der Waals surface area contributed by atoms with E-state index in [-0.39, 0.29) is 11.8 Å². The van der Waals surface area contributed by atoms with Gasteiger partial charge in [0.25, 0.3) is 0 Å². The molecule has 3 heteroatoms. The van der Waals surface area contributed by atoms with Crippen molar-refractivity contribution in [1.29, 1.82) is 0 Å². The number of carbonyl (C=O) groups excluding carboxylic acids is 1. The number of ketones is 1. The number of Topliss-reactive ketones (excluding diaryl/α,β-unsaturated/α-hetero) is 1. The second-order valence-electron chi connectivity index (χ2n) is 5.90. The fourth-order valence-corrected chi connectivity index (χ4v) is 3.05. The molecule has 3 nitrogen and oxygen atoms in total. The molecule has 0 heterocycles. The minimum absolute atomic E-state index is 0.111. The Balaban J connectivity index is 1.87. The summed E-state index contributed by atoms with van der Waals surface area (Å²) in [5.41, 5.74) is 3.66. The molecule has 21 heavy (non-hydrogen) atoms. The standard InChI is InChI=1S/C18H28N2O/c1-4-20(5-2)12-11-19-14(3)18(21)17-10-9-15-7-6-8-16(15)13-17/h9-10,13-14,19H,4-8,11-12H2,1-3H3. The van der Waals surface area contributed by atoms with Gasteiger partial charge in [-0.25, -0.2) is 0 Å². The maximum atomic E-state index is 12.5. The topological polar surface area (TPSA) is 32.3 Å². The van der Waals surface area contributed by atoms with Gasteiger partial charge in [0.05, 0.1) is 6.04 Å². The van der Waals surface area contributed by atoms with Gasteiger partial charge >= 0.3 is 0 Å². The Morgan fingerprint density at radius 3 is 2.67 bits per heavy atom. The number of benzene rings is 1. The van der Waals surface area contributed by atoms with Crippen LogP contribution in [0.15, 0.2) is 18.2 Å². The molecular weight excluding hydrogens is 260 g/mol. The Hall–Kier alpha value is -1.19. The first kappa shape index (κ1) is 16.2. The lowest BCUT2D eigenvalue weighted by Gasteiger charge is -2.20. The number of nitrogens with one attached hydrogen (secondary N) is 1. The highest BCUT2D eigenvalue weighted by Crippen LogP contribution is 2.23. The van der Waals surface area contributed by atoms with E-state index in [0.717, 1.165) is 38.2 Å². The van der Waals surface area contributed by atoms with Crippen molar-refractivity contribution in [2.24, 2.45) is 0 Å². The lowest BCUT2D eigenvalue weighted by molar-refractivity contribution is 0.0949. The molecule has 1 aliphatic rings. The Bertz CT molecular complexity index is 480. The summed E-state index contributed by atoms with van der Waals surface area (Å²) in [5, 5.41) is 3.36. The van der Waals surface area contributed by atoms with Crippen LogP contribution in [0, 0.1) is 0 Å². The van der Waals surface area contributed by atoms with Crippen LogP contribution in [0.25, 0.3) is 0 Å². The van der Waals surface area contributed by atoms with E-state index in [9.17, 15) is 4.79 Å². The largest absolute Gasteiger partial charge is 0.306 e. The van der Waals surface area contributed by atoms with Crippen molar-refractivity contribution in [3.63, 3.8) is 0 Å². The second kappa shape index (κ2) is 7.71. The third-order valence-corrected chi connectivity index (χ3v) is 4.55. The average molecular weight is 288 g/mol. The first-order chi connectivity index (χ1) is 10.2. The zero-order valence-corrected chi connectivity index (χ0v) is 13.6. The highest BCUT2D eigenvalue weighted by Gasteiger charge is 2.18. The van der Waals surface area contributed by atoms with E-state index in [1.807, 2.05) is 13.0 Å². The molecule has 0 saturated carbocycles. The summed E-state index contributed by atoms with van der Waals surface area (Å²) < 4.78 is 0. The van der Waals surface area contributed by atoms with Gasteiger partial charge in [-0.3, -0.25) is 4.79 Å². The van der Waals surface area contributed by atoms with Crippen LogP contribution in [0.1, 0.15) is 48.7 Å².